The molecule has 1 N–H and O–H groups in total. The fourth-order valence-corrected chi connectivity index (χ4v) is 4.69. The SMILES string of the molecule is Cc1ccc(-n2c(=O)c3ccccc3n3c(SCC(=O)Nc4ccc(F)c(F)c4)nnc23)c(C)c1. The van der Waals surface area contributed by atoms with Gasteiger partial charge in [0.05, 0.1) is 22.3 Å². The number of carbonyl (C=O) groups excluding carboxylic acids is 1. The predicted molar refractivity (Wildman–Crippen MR) is 131 cm³/mol. The number of amides is 1. The summed E-state index contributed by atoms with van der Waals surface area (Å²) in [5, 5.41) is 12.0. The standard InChI is InChI=1S/C25H19F2N5O2S/c1-14-7-10-20(15(2)11-14)31-23(34)17-5-3-4-6-21(17)32-24(31)29-30-25(32)35-13-22(33)28-16-8-9-18(26)19(27)12-16/h3-12H,13H2,1-2H3,(H,28,33). The van der Waals surface area contributed by atoms with E-state index in [9.17, 15) is 18.4 Å². The highest BCUT2D eigenvalue weighted by Crippen LogP contribution is 2.25. The second-order valence-corrected chi connectivity index (χ2v) is 8.97. The molecule has 7 nitrogen and oxygen atoms in total. The monoisotopic (exact) mass is 491 g/mol. The van der Waals surface area contributed by atoms with Crippen molar-refractivity contribution < 1.29 is 13.6 Å². The Bertz CT molecular complexity index is 1680. The number of hydrogen-bond acceptors (Lipinski definition) is 5. The molecule has 5 rings (SSSR count). The van der Waals surface area contributed by atoms with Crippen molar-refractivity contribution in [1.82, 2.24) is 19.2 Å². The number of halogens is 2. The molecule has 1 amide bonds. The zero-order valence-corrected chi connectivity index (χ0v) is 19.6. The molecule has 0 atom stereocenters. The molecule has 5 aromatic rings. The van der Waals surface area contributed by atoms with Crippen LogP contribution < -0.4 is 10.9 Å². The third kappa shape index (κ3) is 4.17. The number of fused-ring (bicyclic) bond motifs is 3. The van der Waals surface area contributed by atoms with E-state index in [4.69, 9.17) is 0 Å². The molecule has 0 spiro atoms. The summed E-state index contributed by atoms with van der Waals surface area (Å²) in [6.07, 6.45) is 0. The molecule has 2 heterocycles. The lowest BCUT2D eigenvalue weighted by molar-refractivity contribution is -0.113. The van der Waals surface area contributed by atoms with Crippen molar-refractivity contribution in [3.8, 4) is 5.69 Å². The second kappa shape index (κ2) is 8.95. The Labute approximate surface area is 202 Å². The number of nitrogens with one attached hydrogen (secondary N) is 1. The lowest BCUT2D eigenvalue weighted by Crippen LogP contribution is -2.22. The summed E-state index contributed by atoms with van der Waals surface area (Å²) in [4.78, 5) is 25.9. The molecule has 0 aliphatic heterocycles. The molecule has 0 aliphatic carbocycles. The third-order valence-corrected chi connectivity index (χ3v) is 6.45. The summed E-state index contributed by atoms with van der Waals surface area (Å²) in [5.41, 5.74) is 3.21. The highest BCUT2D eigenvalue weighted by molar-refractivity contribution is 7.99. The van der Waals surface area contributed by atoms with Crippen molar-refractivity contribution in [2.45, 2.75) is 19.0 Å². The Morgan fingerprint density at radius 3 is 2.57 bits per heavy atom. The van der Waals surface area contributed by atoms with E-state index >= 15 is 0 Å². The minimum atomic E-state index is -1.05. The van der Waals surface area contributed by atoms with Gasteiger partial charge in [-0.15, -0.1) is 10.2 Å². The summed E-state index contributed by atoms with van der Waals surface area (Å²) < 4.78 is 29.8. The molecule has 0 saturated carbocycles. The molecular formula is C25H19F2N5O2S. The average molecular weight is 492 g/mol. The van der Waals surface area contributed by atoms with Crippen LogP contribution in [0.2, 0.25) is 0 Å². The van der Waals surface area contributed by atoms with Crippen LogP contribution in [0.1, 0.15) is 11.1 Å². The molecule has 0 unspecified atom stereocenters. The van der Waals surface area contributed by atoms with Gasteiger partial charge < -0.3 is 5.32 Å². The van der Waals surface area contributed by atoms with Gasteiger partial charge >= 0.3 is 0 Å². The number of anilines is 1. The number of hydrogen-bond donors (Lipinski definition) is 1. The van der Waals surface area contributed by atoms with E-state index < -0.39 is 17.5 Å². The Hall–Kier alpha value is -4.05. The number of aromatic nitrogens is 4. The number of carbonyl (C=O) groups is 1. The number of nitrogens with zero attached hydrogens (tertiary/aromatic N) is 4. The van der Waals surface area contributed by atoms with Gasteiger partial charge in [-0.25, -0.2) is 13.3 Å². The zero-order chi connectivity index (χ0) is 24.7. The van der Waals surface area contributed by atoms with Gasteiger partial charge in [0, 0.05) is 11.8 Å². The van der Waals surface area contributed by atoms with Gasteiger partial charge in [-0.05, 0) is 49.7 Å². The van der Waals surface area contributed by atoms with Gasteiger partial charge in [0.2, 0.25) is 11.7 Å². The second-order valence-electron chi connectivity index (χ2n) is 8.03. The molecular weight excluding hydrogens is 472 g/mol. The Balaban J connectivity index is 1.55. The van der Waals surface area contributed by atoms with Gasteiger partial charge in [-0.3, -0.25) is 14.0 Å². The van der Waals surface area contributed by atoms with Crippen molar-refractivity contribution >= 4 is 40.0 Å². The molecule has 0 saturated heterocycles. The minimum absolute atomic E-state index is 0.0587. The van der Waals surface area contributed by atoms with Crippen LogP contribution in [0.15, 0.2) is 70.6 Å². The normalized spacial score (nSPS) is 11.3. The maximum absolute atomic E-state index is 13.5. The van der Waals surface area contributed by atoms with Crippen LogP contribution in [0.3, 0.4) is 0 Å². The fourth-order valence-electron chi connectivity index (χ4n) is 3.95. The number of para-hydroxylation sites is 1. The summed E-state index contributed by atoms with van der Waals surface area (Å²) in [5.74, 6) is -2.20. The van der Waals surface area contributed by atoms with E-state index in [0.717, 1.165) is 35.0 Å². The number of aryl methyl sites for hydroxylation is 2. The van der Waals surface area contributed by atoms with E-state index in [1.54, 1.807) is 22.6 Å². The fraction of sp³-hybridized carbons (Fsp3) is 0.120. The van der Waals surface area contributed by atoms with Gasteiger partial charge in [-0.1, -0.05) is 41.6 Å². The van der Waals surface area contributed by atoms with Gasteiger partial charge in [0.25, 0.3) is 5.56 Å². The van der Waals surface area contributed by atoms with Crippen molar-refractivity contribution in [3.05, 3.63) is 93.8 Å². The topological polar surface area (TPSA) is 81.3 Å². The Morgan fingerprint density at radius 1 is 1.00 bits per heavy atom. The van der Waals surface area contributed by atoms with Crippen LogP contribution in [-0.4, -0.2) is 30.8 Å². The molecule has 0 aliphatic rings. The molecule has 0 fully saturated rings. The highest BCUT2D eigenvalue weighted by atomic mass is 32.2. The summed E-state index contributed by atoms with van der Waals surface area (Å²) in [7, 11) is 0. The number of benzene rings is 3. The summed E-state index contributed by atoms with van der Waals surface area (Å²) >= 11 is 1.12. The molecule has 35 heavy (non-hydrogen) atoms. The van der Waals surface area contributed by atoms with Crippen molar-refractivity contribution in [2.24, 2.45) is 0 Å². The highest BCUT2D eigenvalue weighted by Gasteiger charge is 2.19. The first kappa shape index (κ1) is 22.7. The molecule has 176 valence electrons. The van der Waals surface area contributed by atoms with E-state index in [-0.39, 0.29) is 17.0 Å². The van der Waals surface area contributed by atoms with Crippen molar-refractivity contribution in [3.63, 3.8) is 0 Å². The summed E-state index contributed by atoms with van der Waals surface area (Å²) in [6.45, 7) is 3.90. The van der Waals surface area contributed by atoms with E-state index in [0.29, 0.717) is 27.5 Å². The number of thioether (sulfide) groups is 1. The molecule has 0 bridgehead atoms. The van der Waals surface area contributed by atoms with Crippen molar-refractivity contribution in [2.75, 3.05) is 11.1 Å². The predicted octanol–water partition coefficient (Wildman–Crippen LogP) is 4.66. The number of rotatable bonds is 5. The first-order chi connectivity index (χ1) is 16.8. The molecule has 3 aromatic carbocycles. The van der Waals surface area contributed by atoms with Gasteiger partial charge in [-0.2, -0.15) is 0 Å². The van der Waals surface area contributed by atoms with E-state index in [1.165, 1.54) is 10.6 Å². The minimum Gasteiger partial charge on any atom is -0.325 e. The van der Waals surface area contributed by atoms with E-state index in [2.05, 4.69) is 15.5 Å². The van der Waals surface area contributed by atoms with Crippen LogP contribution in [0.25, 0.3) is 22.4 Å². The molecule has 0 radical (unpaired) electrons. The van der Waals surface area contributed by atoms with Crippen molar-refractivity contribution in [1.29, 1.82) is 0 Å². The maximum atomic E-state index is 13.5. The lowest BCUT2D eigenvalue weighted by Gasteiger charge is -2.13. The van der Waals surface area contributed by atoms with Gasteiger partial charge in [0.1, 0.15) is 0 Å². The zero-order valence-electron chi connectivity index (χ0n) is 18.8. The van der Waals surface area contributed by atoms with Crippen LogP contribution >= 0.6 is 11.8 Å². The first-order valence-electron chi connectivity index (χ1n) is 10.7. The molecule has 10 heteroatoms. The molecule has 2 aromatic heterocycles. The first-order valence-corrected chi connectivity index (χ1v) is 11.7. The largest absolute Gasteiger partial charge is 0.325 e. The van der Waals surface area contributed by atoms with Gasteiger partial charge in [0.15, 0.2) is 16.8 Å². The van der Waals surface area contributed by atoms with Crippen LogP contribution in [0.5, 0.6) is 0 Å². The lowest BCUT2D eigenvalue weighted by atomic mass is 10.1. The van der Waals surface area contributed by atoms with Crippen LogP contribution in [0, 0.1) is 25.5 Å². The third-order valence-electron chi connectivity index (χ3n) is 5.52. The Kier molecular flexibility index (Phi) is 5.81. The van der Waals surface area contributed by atoms with Crippen LogP contribution in [-0.2, 0) is 4.79 Å². The summed E-state index contributed by atoms with van der Waals surface area (Å²) in [6, 6.07) is 16.1. The maximum Gasteiger partial charge on any atom is 0.267 e. The quantitative estimate of drug-likeness (QED) is 0.362. The van der Waals surface area contributed by atoms with Crippen LogP contribution in [0.4, 0.5) is 14.5 Å². The Morgan fingerprint density at radius 2 is 1.80 bits per heavy atom. The average Bonchev–Trinajstić information content (AvgIpc) is 3.25. The van der Waals surface area contributed by atoms with E-state index in [1.807, 2.05) is 38.1 Å². The smallest absolute Gasteiger partial charge is 0.267 e.